The van der Waals surface area contributed by atoms with Gasteiger partial charge in [0.05, 0.1) is 18.8 Å². The number of aromatic nitrogens is 1. The van der Waals surface area contributed by atoms with E-state index in [4.69, 9.17) is 9.72 Å². The van der Waals surface area contributed by atoms with Gasteiger partial charge >= 0.3 is 0 Å². The topological polar surface area (TPSA) is 45.7 Å². The average molecular weight is 444 g/mol. The number of rotatable bonds is 7. The van der Waals surface area contributed by atoms with Crippen LogP contribution in [0.25, 0.3) is 11.3 Å². The third-order valence-corrected chi connectivity index (χ3v) is 6.13. The summed E-state index contributed by atoms with van der Waals surface area (Å²) < 4.78 is 5.90. The number of benzene rings is 2. The zero-order chi connectivity index (χ0) is 23.2. The first-order valence-electron chi connectivity index (χ1n) is 11.7. The lowest BCUT2D eigenvalue weighted by Gasteiger charge is -2.28. The molecule has 1 aliphatic rings. The van der Waals surface area contributed by atoms with Gasteiger partial charge in [-0.25, -0.2) is 4.98 Å². The Balaban J connectivity index is 1.52. The van der Waals surface area contributed by atoms with Gasteiger partial charge in [-0.15, -0.1) is 0 Å². The van der Waals surface area contributed by atoms with E-state index >= 15 is 0 Å². The van der Waals surface area contributed by atoms with Crippen molar-refractivity contribution >= 4 is 11.6 Å². The Hall–Kier alpha value is -3.18. The van der Waals surface area contributed by atoms with Crippen LogP contribution in [-0.4, -0.2) is 43.0 Å². The third-order valence-electron chi connectivity index (χ3n) is 6.13. The normalized spacial score (nSPS) is 13.2. The number of para-hydroxylation sites is 1. The summed E-state index contributed by atoms with van der Waals surface area (Å²) in [5.41, 5.74) is 6.69. The van der Waals surface area contributed by atoms with Gasteiger partial charge in [0.2, 0.25) is 11.8 Å². The summed E-state index contributed by atoms with van der Waals surface area (Å²) in [4.78, 5) is 21.2. The smallest absolute Gasteiger partial charge is 0.224 e. The Kier molecular flexibility index (Phi) is 7.40. The second-order valence-corrected chi connectivity index (χ2v) is 8.94. The highest BCUT2D eigenvalue weighted by atomic mass is 16.5. The molecule has 0 bridgehead atoms. The number of unbranched alkanes of at least 4 members (excludes halogenated alkanes) is 1. The van der Waals surface area contributed by atoms with Gasteiger partial charge in [0.1, 0.15) is 0 Å². The summed E-state index contributed by atoms with van der Waals surface area (Å²) in [6, 6.07) is 20.7. The Morgan fingerprint density at radius 2 is 1.79 bits per heavy atom. The van der Waals surface area contributed by atoms with Crippen molar-refractivity contribution in [1.29, 1.82) is 0 Å². The summed E-state index contributed by atoms with van der Waals surface area (Å²) in [7, 11) is 4.18. The van der Waals surface area contributed by atoms with Crippen LogP contribution in [0, 0.1) is 0 Å². The van der Waals surface area contributed by atoms with E-state index < -0.39 is 0 Å². The summed E-state index contributed by atoms with van der Waals surface area (Å²) in [6.07, 6.45) is 3.96. The number of anilines is 1. The largest absolute Gasteiger partial charge is 0.478 e. The average Bonchev–Trinajstić information content (AvgIpc) is 2.80. The number of pyridine rings is 1. The van der Waals surface area contributed by atoms with Crippen LogP contribution in [0.15, 0.2) is 60.7 Å². The van der Waals surface area contributed by atoms with Gasteiger partial charge < -0.3 is 14.5 Å². The maximum Gasteiger partial charge on any atom is 0.224 e. The van der Waals surface area contributed by atoms with Crippen LogP contribution < -0.4 is 9.64 Å². The summed E-state index contributed by atoms with van der Waals surface area (Å²) in [5.74, 6) is 0.734. The molecule has 4 rings (SSSR count). The van der Waals surface area contributed by atoms with Gasteiger partial charge in [0.15, 0.2) is 0 Å². The lowest BCUT2D eigenvalue weighted by molar-refractivity contribution is -0.116. The molecule has 172 valence electrons. The third kappa shape index (κ3) is 5.79. The number of amides is 1. The Morgan fingerprint density at radius 1 is 0.970 bits per heavy atom. The Bertz CT molecular complexity index is 1110. The molecule has 0 N–H and O–H groups in total. The molecular formula is C28H33N3O2. The quantitative estimate of drug-likeness (QED) is 0.476. The van der Waals surface area contributed by atoms with Crippen molar-refractivity contribution in [3.8, 4) is 17.1 Å². The van der Waals surface area contributed by atoms with E-state index in [1.165, 1.54) is 16.7 Å². The molecule has 5 heteroatoms. The molecule has 0 fully saturated rings. The second kappa shape index (κ2) is 10.6. The fourth-order valence-electron chi connectivity index (χ4n) is 4.33. The maximum absolute atomic E-state index is 12.4. The standard InChI is InChI=1S/C28H33N3O2/c1-21(32)31-20-25-16-15-24(19-23(25)14-13-22-9-4-5-11-27(22)31)26-10-8-12-28(29-26)33-18-7-6-17-30(2)3/h4-5,8-12,15-16,19H,6-7,13-14,17-18,20H2,1-3H3. The first-order chi connectivity index (χ1) is 16.0. The van der Waals surface area contributed by atoms with Crippen LogP contribution in [-0.2, 0) is 24.2 Å². The molecule has 0 unspecified atom stereocenters. The summed E-state index contributed by atoms with van der Waals surface area (Å²) >= 11 is 0. The van der Waals surface area contributed by atoms with E-state index in [0.29, 0.717) is 19.0 Å². The SMILES string of the molecule is CC(=O)N1Cc2ccc(-c3cccc(OCCCCN(C)C)n3)cc2CCc2ccccc21. The monoisotopic (exact) mass is 443 g/mol. The van der Waals surface area contributed by atoms with Crippen LogP contribution in [0.4, 0.5) is 5.69 Å². The second-order valence-electron chi connectivity index (χ2n) is 8.94. The van der Waals surface area contributed by atoms with Crippen LogP contribution >= 0.6 is 0 Å². The van der Waals surface area contributed by atoms with Gasteiger partial charge in [-0.2, -0.15) is 0 Å². The molecule has 0 aliphatic carbocycles. The first kappa shape index (κ1) is 23.0. The predicted molar refractivity (Wildman–Crippen MR) is 134 cm³/mol. The van der Waals surface area contributed by atoms with Crippen LogP contribution in [0.3, 0.4) is 0 Å². The van der Waals surface area contributed by atoms with Crippen molar-refractivity contribution in [3.63, 3.8) is 0 Å². The van der Waals surface area contributed by atoms with Crippen molar-refractivity contribution in [2.75, 3.05) is 32.1 Å². The highest BCUT2D eigenvalue weighted by Gasteiger charge is 2.20. The highest BCUT2D eigenvalue weighted by molar-refractivity contribution is 5.92. The van der Waals surface area contributed by atoms with Gasteiger partial charge in [-0.3, -0.25) is 4.79 Å². The predicted octanol–water partition coefficient (Wildman–Crippen LogP) is 5.12. The molecule has 2 heterocycles. The fraction of sp³-hybridized carbons (Fsp3) is 0.357. The van der Waals surface area contributed by atoms with Crippen molar-refractivity contribution in [2.24, 2.45) is 0 Å². The van der Waals surface area contributed by atoms with E-state index in [1.807, 2.05) is 41.3 Å². The number of fused-ring (bicyclic) bond motifs is 2. The van der Waals surface area contributed by atoms with Crippen molar-refractivity contribution in [3.05, 3.63) is 77.4 Å². The number of ether oxygens (including phenoxy) is 1. The van der Waals surface area contributed by atoms with Gasteiger partial charge in [0.25, 0.3) is 0 Å². The molecule has 1 amide bonds. The number of hydrogen-bond donors (Lipinski definition) is 0. The maximum atomic E-state index is 12.4. The molecule has 0 saturated carbocycles. The van der Waals surface area contributed by atoms with E-state index in [2.05, 4.69) is 43.3 Å². The number of carbonyl (C=O) groups is 1. The van der Waals surface area contributed by atoms with E-state index in [9.17, 15) is 4.79 Å². The molecule has 0 radical (unpaired) electrons. The summed E-state index contributed by atoms with van der Waals surface area (Å²) in [6.45, 7) is 3.97. The molecule has 0 spiro atoms. The van der Waals surface area contributed by atoms with E-state index in [0.717, 1.165) is 49.2 Å². The van der Waals surface area contributed by atoms with Crippen LogP contribution in [0.5, 0.6) is 5.88 Å². The lowest BCUT2D eigenvalue weighted by Crippen LogP contribution is -2.30. The molecule has 33 heavy (non-hydrogen) atoms. The molecule has 3 aromatic rings. The van der Waals surface area contributed by atoms with Crippen LogP contribution in [0.1, 0.15) is 36.5 Å². The van der Waals surface area contributed by atoms with Gasteiger partial charge in [0, 0.05) is 24.2 Å². The minimum Gasteiger partial charge on any atom is -0.478 e. The molecule has 0 saturated heterocycles. The number of carbonyl (C=O) groups excluding carboxylic acids is 1. The zero-order valence-corrected chi connectivity index (χ0v) is 19.9. The fourth-order valence-corrected chi connectivity index (χ4v) is 4.33. The highest BCUT2D eigenvalue weighted by Crippen LogP contribution is 2.31. The molecule has 1 aliphatic heterocycles. The summed E-state index contributed by atoms with van der Waals surface area (Å²) in [5, 5.41) is 0. The van der Waals surface area contributed by atoms with Crippen LogP contribution in [0.2, 0.25) is 0 Å². The number of hydrogen-bond acceptors (Lipinski definition) is 4. The Morgan fingerprint density at radius 3 is 2.61 bits per heavy atom. The molecule has 5 nitrogen and oxygen atoms in total. The van der Waals surface area contributed by atoms with E-state index in [-0.39, 0.29) is 5.91 Å². The number of nitrogens with zero attached hydrogens (tertiary/aromatic N) is 3. The van der Waals surface area contributed by atoms with Crippen molar-refractivity contribution in [2.45, 2.75) is 39.2 Å². The van der Waals surface area contributed by atoms with Gasteiger partial charge in [-0.05, 0) is 81.2 Å². The minimum absolute atomic E-state index is 0.0662. The van der Waals surface area contributed by atoms with Crippen molar-refractivity contribution in [1.82, 2.24) is 9.88 Å². The van der Waals surface area contributed by atoms with E-state index in [1.54, 1.807) is 6.92 Å². The Labute approximate surface area is 197 Å². The molecule has 2 aromatic carbocycles. The number of aryl methyl sites for hydroxylation is 2. The van der Waals surface area contributed by atoms with Crippen molar-refractivity contribution < 1.29 is 9.53 Å². The van der Waals surface area contributed by atoms with Gasteiger partial charge in [-0.1, -0.05) is 36.4 Å². The molecule has 0 atom stereocenters. The zero-order valence-electron chi connectivity index (χ0n) is 19.9. The first-order valence-corrected chi connectivity index (χ1v) is 11.7. The molecule has 1 aromatic heterocycles. The lowest BCUT2D eigenvalue weighted by atomic mass is 9.93. The molecular weight excluding hydrogens is 410 g/mol. The minimum atomic E-state index is 0.0662.